The lowest BCUT2D eigenvalue weighted by atomic mass is 10.2. The summed E-state index contributed by atoms with van der Waals surface area (Å²) in [5, 5.41) is 2.73. The van der Waals surface area contributed by atoms with Crippen LogP contribution in [0.15, 0.2) is 41.8 Å². The quantitative estimate of drug-likeness (QED) is 0.429. The lowest BCUT2D eigenvalue weighted by molar-refractivity contribution is 0.0688. The van der Waals surface area contributed by atoms with Gasteiger partial charge in [-0.3, -0.25) is 4.79 Å². The van der Waals surface area contributed by atoms with Crippen molar-refractivity contribution in [3.63, 3.8) is 0 Å². The minimum absolute atomic E-state index is 0.0416. The molecule has 8 heteroatoms. The van der Waals surface area contributed by atoms with Crippen LogP contribution in [0.2, 0.25) is 0 Å². The number of amides is 1. The summed E-state index contributed by atoms with van der Waals surface area (Å²) >= 11 is 0. The fourth-order valence-corrected chi connectivity index (χ4v) is 2.82. The van der Waals surface area contributed by atoms with Gasteiger partial charge < -0.3 is 14.8 Å². The van der Waals surface area contributed by atoms with Gasteiger partial charge in [-0.2, -0.15) is 0 Å². The van der Waals surface area contributed by atoms with Gasteiger partial charge in [0, 0.05) is 32.4 Å². The van der Waals surface area contributed by atoms with Gasteiger partial charge in [0.2, 0.25) is 10.0 Å². The molecular formula is C16H24N2O5S. The maximum Gasteiger partial charge on any atom is 0.251 e. The third kappa shape index (κ3) is 7.22. The van der Waals surface area contributed by atoms with Crippen molar-refractivity contribution in [3.8, 4) is 0 Å². The predicted molar refractivity (Wildman–Crippen MR) is 91.5 cm³/mol. The average Bonchev–Trinajstić information content (AvgIpc) is 2.59. The van der Waals surface area contributed by atoms with Crippen LogP contribution < -0.4 is 10.0 Å². The van der Waals surface area contributed by atoms with Crippen LogP contribution in [0.25, 0.3) is 0 Å². The Bertz CT molecular complexity index is 631. The van der Waals surface area contributed by atoms with E-state index in [-0.39, 0.29) is 22.9 Å². The first-order valence-electron chi connectivity index (χ1n) is 7.56. The van der Waals surface area contributed by atoms with E-state index in [2.05, 4.69) is 16.6 Å². The van der Waals surface area contributed by atoms with Crippen molar-refractivity contribution in [1.29, 1.82) is 0 Å². The van der Waals surface area contributed by atoms with Crippen LogP contribution in [0.4, 0.5) is 0 Å². The maximum absolute atomic E-state index is 12.1. The summed E-state index contributed by atoms with van der Waals surface area (Å²) in [6, 6.07) is 5.88. The molecule has 0 saturated heterocycles. The van der Waals surface area contributed by atoms with Crippen molar-refractivity contribution in [2.24, 2.45) is 0 Å². The maximum atomic E-state index is 12.1. The van der Waals surface area contributed by atoms with Crippen molar-refractivity contribution in [3.05, 3.63) is 42.5 Å². The van der Waals surface area contributed by atoms with Crippen molar-refractivity contribution in [1.82, 2.24) is 10.0 Å². The van der Waals surface area contributed by atoms with Crippen LogP contribution in [0.1, 0.15) is 16.8 Å². The summed E-state index contributed by atoms with van der Waals surface area (Å²) in [5.74, 6) is -0.326. The highest BCUT2D eigenvalue weighted by molar-refractivity contribution is 7.89. The van der Waals surface area contributed by atoms with E-state index in [1.54, 1.807) is 13.2 Å². The zero-order valence-corrected chi connectivity index (χ0v) is 14.6. The molecule has 0 aliphatic rings. The van der Waals surface area contributed by atoms with Gasteiger partial charge >= 0.3 is 0 Å². The van der Waals surface area contributed by atoms with Crippen molar-refractivity contribution in [2.75, 3.05) is 40.0 Å². The van der Waals surface area contributed by atoms with Crippen LogP contribution in [-0.4, -0.2) is 54.3 Å². The number of nitrogens with one attached hydrogen (secondary N) is 2. The minimum atomic E-state index is -3.65. The van der Waals surface area contributed by atoms with E-state index < -0.39 is 10.0 Å². The lowest BCUT2D eigenvalue weighted by Crippen LogP contribution is -2.27. The van der Waals surface area contributed by atoms with Crippen LogP contribution in [-0.2, 0) is 19.5 Å². The molecule has 0 aliphatic carbocycles. The molecule has 0 unspecified atom stereocenters. The zero-order chi connectivity index (χ0) is 17.8. The molecule has 7 nitrogen and oxygen atoms in total. The van der Waals surface area contributed by atoms with Gasteiger partial charge in [0.25, 0.3) is 5.91 Å². The van der Waals surface area contributed by atoms with Crippen molar-refractivity contribution >= 4 is 15.9 Å². The molecule has 0 aliphatic heterocycles. The number of carbonyl (C=O) groups excluding carboxylic acids is 1. The minimum Gasteiger partial charge on any atom is -0.382 e. The Morgan fingerprint density at radius 1 is 1.29 bits per heavy atom. The van der Waals surface area contributed by atoms with Crippen molar-refractivity contribution in [2.45, 2.75) is 11.3 Å². The molecule has 0 aromatic heterocycles. The molecule has 0 saturated carbocycles. The summed E-state index contributed by atoms with van der Waals surface area (Å²) in [6.07, 6.45) is 2.11. The molecule has 0 radical (unpaired) electrons. The molecule has 0 spiro atoms. The van der Waals surface area contributed by atoms with Crippen LogP contribution in [0.3, 0.4) is 0 Å². The summed E-state index contributed by atoms with van der Waals surface area (Å²) in [5.41, 5.74) is 0.289. The number of methoxy groups -OCH3 is 1. The summed E-state index contributed by atoms with van der Waals surface area (Å²) in [7, 11) is -2.05. The van der Waals surface area contributed by atoms with Gasteiger partial charge in [0.05, 0.1) is 18.1 Å². The fraction of sp³-hybridized carbons (Fsp3) is 0.438. The third-order valence-corrected chi connectivity index (χ3v) is 4.43. The standard InChI is InChI=1S/C16H24N2O5S/c1-3-8-18-24(20,21)15-7-4-6-14(13-15)16(19)17-9-5-10-23-12-11-22-2/h3-4,6-7,13,18H,1,5,8-12H2,2H3,(H,17,19). The Labute approximate surface area is 143 Å². The van der Waals surface area contributed by atoms with Crippen LogP contribution in [0.5, 0.6) is 0 Å². The van der Waals surface area contributed by atoms with E-state index in [0.717, 1.165) is 0 Å². The topological polar surface area (TPSA) is 93.7 Å². The Morgan fingerprint density at radius 2 is 2.08 bits per heavy atom. The smallest absolute Gasteiger partial charge is 0.251 e. The Hall–Kier alpha value is -1.74. The second kappa shape index (κ2) is 10.9. The monoisotopic (exact) mass is 356 g/mol. The van der Waals surface area contributed by atoms with Gasteiger partial charge in [0.1, 0.15) is 0 Å². The number of ether oxygens (including phenoxy) is 2. The van der Waals surface area contributed by atoms with Gasteiger partial charge in [-0.25, -0.2) is 13.1 Å². The van der Waals surface area contributed by atoms with Gasteiger partial charge in [0.15, 0.2) is 0 Å². The predicted octanol–water partition coefficient (Wildman–Crippen LogP) is 0.934. The molecule has 0 bridgehead atoms. The number of hydrogen-bond acceptors (Lipinski definition) is 5. The normalized spacial score (nSPS) is 11.2. The largest absolute Gasteiger partial charge is 0.382 e. The highest BCUT2D eigenvalue weighted by atomic mass is 32.2. The molecule has 1 rings (SSSR count). The molecule has 134 valence electrons. The first-order chi connectivity index (χ1) is 11.5. The van der Waals surface area contributed by atoms with E-state index in [1.165, 1.54) is 24.3 Å². The molecule has 0 heterocycles. The molecule has 24 heavy (non-hydrogen) atoms. The molecular weight excluding hydrogens is 332 g/mol. The zero-order valence-electron chi connectivity index (χ0n) is 13.8. The fourth-order valence-electron chi connectivity index (χ4n) is 1.78. The van der Waals surface area contributed by atoms with Gasteiger partial charge in [-0.05, 0) is 24.6 Å². The highest BCUT2D eigenvalue weighted by Crippen LogP contribution is 2.11. The van der Waals surface area contributed by atoms with Gasteiger partial charge in [-0.15, -0.1) is 6.58 Å². The first kappa shape index (κ1) is 20.3. The Morgan fingerprint density at radius 3 is 2.79 bits per heavy atom. The Balaban J connectivity index is 2.51. The third-order valence-electron chi connectivity index (χ3n) is 3.01. The number of carbonyl (C=O) groups is 1. The lowest BCUT2D eigenvalue weighted by Gasteiger charge is -2.08. The molecule has 0 atom stereocenters. The number of rotatable bonds is 12. The highest BCUT2D eigenvalue weighted by Gasteiger charge is 2.15. The van der Waals surface area contributed by atoms with Crippen LogP contribution in [0, 0.1) is 0 Å². The number of sulfonamides is 1. The number of hydrogen-bond donors (Lipinski definition) is 2. The van der Waals surface area contributed by atoms with E-state index in [0.29, 0.717) is 32.8 Å². The Kier molecular flexibility index (Phi) is 9.24. The second-order valence-electron chi connectivity index (χ2n) is 4.88. The van der Waals surface area contributed by atoms with E-state index in [1.807, 2.05) is 0 Å². The summed E-state index contributed by atoms with van der Waals surface area (Å²) < 4.78 is 36.6. The van der Waals surface area contributed by atoms with E-state index >= 15 is 0 Å². The average molecular weight is 356 g/mol. The van der Waals surface area contributed by atoms with Gasteiger partial charge in [-0.1, -0.05) is 12.1 Å². The summed E-state index contributed by atoms with van der Waals surface area (Å²) in [4.78, 5) is 12.1. The second-order valence-corrected chi connectivity index (χ2v) is 6.65. The molecule has 1 amide bonds. The van der Waals surface area contributed by atoms with Crippen LogP contribution >= 0.6 is 0 Å². The molecule has 1 aromatic rings. The SMILES string of the molecule is C=CCNS(=O)(=O)c1cccc(C(=O)NCCCOCCOC)c1. The summed E-state index contributed by atoms with van der Waals surface area (Å²) in [6.45, 7) is 5.60. The van der Waals surface area contributed by atoms with Crippen molar-refractivity contribution < 1.29 is 22.7 Å². The molecule has 2 N–H and O–H groups in total. The first-order valence-corrected chi connectivity index (χ1v) is 9.05. The van der Waals surface area contributed by atoms with E-state index in [9.17, 15) is 13.2 Å². The van der Waals surface area contributed by atoms with E-state index in [4.69, 9.17) is 9.47 Å². The molecule has 0 fully saturated rings. The molecule has 1 aromatic carbocycles. The number of benzene rings is 1.